The first-order valence-corrected chi connectivity index (χ1v) is 8.87. The Morgan fingerprint density at radius 2 is 2.12 bits per heavy atom. The molecule has 3 aromatic rings. The molecule has 0 aromatic carbocycles. The number of thiophene rings is 1. The summed E-state index contributed by atoms with van der Waals surface area (Å²) in [5.41, 5.74) is 3.04. The maximum atomic E-state index is 12.0. The molecule has 0 aliphatic heterocycles. The van der Waals surface area contributed by atoms with Crippen LogP contribution in [-0.2, 0) is 24.8 Å². The highest BCUT2D eigenvalue weighted by Crippen LogP contribution is 2.34. The van der Waals surface area contributed by atoms with Gasteiger partial charge >= 0.3 is 5.97 Å². The third kappa shape index (κ3) is 3.21. The minimum atomic E-state index is -0.343. The number of nitrogens with zero attached hydrogens (tertiary/aromatic N) is 4. The van der Waals surface area contributed by atoms with Crippen molar-refractivity contribution in [3.8, 4) is 0 Å². The molecule has 0 amide bonds. The minimum Gasteiger partial charge on any atom is -0.465 e. The van der Waals surface area contributed by atoms with Gasteiger partial charge in [-0.15, -0.1) is 11.3 Å². The van der Waals surface area contributed by atoms with Crippen LogP contribution in [0.1, 0.15) is 39.2 Å². The third-order valence-electron chi connectivity index (χ3n) is 4.05. The zero-order valence-corrected chi connectivity index (χ0v) is 15.8. The van der Waals surface area contributed by atoms with Gasteiger partial charge in [-0.1, -0.05) is 6.92 Å². The molecule has 0 atom stereocenters. The molecule has 3 aromatic heterocycles. The van der Waals surface area contributed by atoms with E-state index in [0.717, 1.165) is 39.3 Å². The second-order valence-corrected chi connectivity index (χ2v) is 6.83. The van der Waals surface area contributed by atoms with E-state index in [2.05, 4.69) is 27.3 Å². The van der Waals surface area contributed by atoms with E-state index in [-0.39, 0.29) is 5.97 Å². The molecule has 0 aliphatic carbocycles. The standard InChI is InChI=1S/C17H21N5O2S/c1-6-12-11(8-22(4)21-12)7-18-15-13-9(2)14(17(23)24-5)25-16(13)20-10(3)19-15/h8H,6-7H2,1-5H3,(H,18,19,20). The summed E-state index contributed by atoms with van der Waals surface area (Å²) in [6.45, 7) is 6.45. The van der Waals surface area contributed by atoms with Crippen molar-refractivity contribution in [1.82, 2.24) is 19.7 Å². The first-order chi connectivity index (χ1) is 11.9. The van der Waals surface area contributed by atoms with E-state index in [9.17, 15) is 4.79 Å². The second-order valence-electron chi connectivity index (χ2n) is 5.83. The van der Waals surface area contributed by atoms with Crippen LogP contribution < -0.4 is 5.32 Å². The molecule has 0 fully saturated rings. The fraction of sp³-hybridized carbons (Fsp3) is 0.412. The fourth-order valence-corrected chi connectivity index (χ4v) is 4.01. The fourth-order valence-electron chi connectivity index (χ4n) is 2.87. The molecule has 3 heterocycles. The number of esters is 1. The normalized spacial score (nSPS) is 11.1. The van der Waals surface area contributed by atoms with Crippen LogP contribution in [0.5, 0.6) is 0 Å². The number of carbonyl (C=O) groups is 1. The lowest BCUT2D eigenvalue weighted by Crippen LogP contribution is -2.05. The van der Waals surface area contributed by atoms with E-state index >= 15 is 0 Å². The molecule has 0 saturated heterocycles. The van der Waals surface area contributed by atoms with Crippen LogP contribution in [0.2, 0.25) is 0 Å². The zero-order valence-electron chi connectivity index (χ0n) is 15.0. The largest absolute Gasteiger partial charge is 0.465 e. The highest BCUT2D eigenvalue weighted by Gasteiger charge is 2.20. The number of rotatable bonds is 5. The maximum absolute atomic E-state index is 12.0. The molecule has 132 valence electrons. The van der Waals surface area contributed by atoms with Crippen molar-refractivity contribution in [1.29, 1.82) is 0 Å². The lowest BCUT2D eigenvalue weighted by Gasteiger charge is -2.08. The van der Waals surface area contributed by atoms with Gasteiger partial charge < -0.3 is 10.1 Å². The van der Waals surface area contributed by atoms with Crippen molar-refractivity contribution in [3.63, 3.8) is 0 Å². The number of anilines is 1. The molecule has 0 saturated carbocycles. The molecule has 0 bridgehead atoms. The van der Waals surface area contributed by atoms with Gasteiger partial charge in [-0.3, -0.25) is 4.68 Å². The summed E-state index contributed by atoms with van der Waals surface area (Å²) >= 11 is 1.34. The minimum absolute atomic E-state index is 0.343. The lowest BCUT2D eigenvalue weighted by molar-refractivity contribution is 0.0605. The van der Waals surface area contributed by atoms with E-state index in [1.165, 1.54) is 18.4 Å². The first kappa shape index (κ1) is 17.3. The zero-order chi connectivity index (χ0) is 18.1. The first-order valence-electron chi connectivity index (χ1n) is 8.05. The van der Waals surface area contributed by atoms with Gasteiger partial charge in [0.25, 0.3) is 0 Å². The van der Waals surface area contributed by atoms with Gasteiger partial charge in [0.15, 0.2) is 0 Å². The lowest BCUT2D eigenvalue weighted by atomic mass is 10.2. The Balaban J connectivity index is 2.00. The number of aryl methyl sites for hydroxylation is 4. The van der Waals surface area contributed by atoms with Gasteiger partial charge in [0, 0.05) is 25.4 Å². The molecule has 8 heteroatoms. The van der Waals surface area contributed by atoms with Crippen molar-refractivity contribution in [3.05, 3.63) is 33.7 Å². The van der Waals surface area contributed by atoms with Gasteiger partial charge in [0.1, 0.15) is 21.3 Å². The van der Waals surface area contributed by atoms with Crippen LogP contribution in [0, 0.1) is 13.8 Å². The third-order valence-corrected chi connectivity index (χ3v) is 5.21. The Kier molecular flexibility index (Phi) is 4.71. The molecule has 0 spiro atoms. The molecule has 0 unspecified atom stereocenters. The summed E-state index contributed by atoms with van der Waals surface area (Å²) in [6.07, 6.45) is 2.89. The molecule has 7 nitrogen and oxygen atoms in total. The van der Waals surface area contributed by atoms with E-state index in [1.54, 1.807) is 0 Å². The summed E-state index contributed by atoms with van der Waals surface area (Å²) in [7, 11) is 3.30. The van der Waals surface area contributed by atoms with Crippen molar-refractivity contribution in [2.24, 2.45) is 7.05 Å². The number of aromatic nitrogens is 4. The van der Waals surface area contributed by atoms with Crippen molar-refractivity contribution < 1.29 is 9.53 Å². The molecule has 0 radical (unpaired) electrons. The predicted octanol–water partition coefficient (Wildman–Crippen LogP) is 3.00. The molecular formula is C17H21N5O2S. The Labute approximate surface area is 150 Å². The highest BCUT2D eigenvalue weighted by atomic mass is 32.1. The number of nitrogens with one attached hydrogen (secondary N) is 1. The summed E-state index contributed by atoms with van der Waals surface area (Å²) in [6, 6.07) is 0. The van der Waals surface area contributed by atoms with Gasteiger partial charge in [-0.2, -0.15) is 5.10 Å². The van der Waals surface area contributed by atoms with Crippen molar-refractivity contribution in [2.75, 3.05) is 12.4 Å². The summed E-state index contributed by atoms with van der Waals surface area (Å²) in [5.74, 6) is 1.05. The Morgan fingerprint density at radius 3 is 2.80 bits per heavy atom. The van der Waals surface area contributed by atoms with E-state index < -0.39 is 0 Å². The summed E-state index contributed by atoms with van der Waals surface area (Å²) < 4.78 is 6.69. The highest BCUT2D eigenvalue weighted by molar-refractivity contribution is 7.20. The second kappa shape index (κ2) is 6.79. The molecular weight excluding hydrogens is 338 g/mol. The van der Waals surface area contributed by atoms with Crippen LogP contribution in [-0.4, -0.2) is 32.8 Å². The van der Waals surface area contributed by atoms with Crippen LogP contribution in [0.3, 0.4) is 0 Å². The smallest absolute Gasteiger partial charge is 0.348 e. The average molecular weight is 359 g/mol. The number of carbonyl (C=O) groups excluding carboxylic acids is 1. The van der Waals surface area contributed by atoms with Crippen molar-refractivity contribution >= 4 is 33.3 Å². The Hall–Kier alpha value is -2.48. The molecule has 0 aliphatic rings. The Morgan fingerprint density at radius 1 is 1.36 bits per heavy atom. The van der Waals surface area contributed by atoms with Crippen molar-refractivity contribution in [2.45, 2.75) is 33.7 Å². The predicted molar refractivity (Wildman–Crippen MR) is 98.1 cm³/mol. The summed E-state index contributed by atoms with van der Waals surface area (Å²) in [5, 5.41) is 8.73. The number of hydrogen-bond acceptors (Lipinski definition) is 7. The number of hydrogen-bond donors (Lipinski definition) is 1. The number of methoxy groups -OCH3 is 1. The van der Waals surface area contributed by atoms with Gasteiger partial charge in [-0.05, 0) is 25.8 Å². The topological polar surface area (TPSA) is 81.9 Å². The molecule has 1 N–H and O–H groups in total. The van der Waals surface area contributed by atoms with E-state index in [1.807, 2.05) is 31.8 Å². The summed E-state index contributed by atoms with van der Waals surface area (Å²) in [4.78, 5) is 22.3. The molecule has 3 rings (SSSR count). The van der Waals surface area contributed by atoms with Gasteiger partial charge in [0.2, 0.25) is 0 Å². The van der Waals surface area contributed by atoms with E-state index in [4.69, 9.17) is 4.74 Å². The molecule has 25 heavy (non-hydrogen) atoms. The Bertz CT molecular complexity index is 944. The van der Waals surface area contributed by atoms with Crippen LogP contribution in [0.25, 0.3) is 10.2 Å². The average Bonchev–Trinajstić information content (AvgIpc) is 3.11. The monoisotopic (exact) mass is 359 g/mol. The maximum Gasteiger partial charge on any atom is 0.348 e. The van der Waals surface area contributed by atoms with Crippen LogP contribution in [0.4, 0.5) is 5.82 Å². The number of ether oxygens (including phenoxy) is 1. The van der Waals surface area contributed by atoms with E-state index in [0.29, 0.717) is 17.2 Å². The SMILES string of the molecule is CCc1nn(C)cc1CNc1nc(C)nc2sc(C(=O)OC)c(C)c12. The number of fused-ring (bicyclic) bond motifs is 1. The van der Waals surface area contributed by atoms with Gasteiger partial charge in [-0.25, -0.2) is 14.8 Å². The van der Waals surface area contributed by atoms with Crippen LogP contribution in [0.15, 0.2) is 6.20 Å². The van der Waals surface area contributed by atoms with Gasteiger partial charge in [0.05, 0.1) is 18.2 Å². The van der Waals surface area contributed by atoms with Crippen LogP contribution >= 0.6 is 11.3 Å². The quantitative estimate of drug-likeness (QED) is 0.705.